The van der Waals surface area contributed by atoms with E-state index in [0.717, 1.165) is 45.2 Å². The van der Waals surface area contributed by atoms with Crippen LogP contribution in [0.5, 0.6) is 0 Å². The third-order valence-corrected chi connectivity index (χ3v) is 5.40. The number of hydrogen-bond acceptors (Lipinski definition) is 2. The topological polar surface area (TPSA) is 34.4 Å². The Labute approximate surface area is 136 Å². The molecule has 5 heteroatoms. The van der Waals surface area contributed by atoms with E-state index >= 15 is 0 Å². The zero-order chi connectivity index (χ0) is 14.8. The summed E-state index contributed by atoms with van der Waals surface area (Å²) in [6.45, 7) is 4.47. The van der Waals surface area contributed by atoms with Crippen molar-refractivity contribution in [2.24, 2.45) is 10.9 Å². The zero-order valence-corrected chi connectivity index (χ0v) is 14.1. The van der Waals surface area contributed by atoms with Gasteiger partial charge < -0.3 is 4.57 Å². The molecule has 3 rings (SSSR count). The van der Waals surface area contributed by atoms with Gasteiger partial charge in [-0.2, -0.15) is 4.99 Å². The second kappa shape index (κ2) is 6.28. The van der Waals surface area contributed by atoms with Gasteiger partial charge in [-0.1, -0.05) is 46.2 Å². The molecule has 0 bridgehead atoms. The third-order valence-electron chi connectivity index (χ3n) is 3.87. The highest BCUT2D eigenvalue weighted by atomic mass is 79.9. The van der Waals surface area contributed by atoms with Crippen molar-refractivity contribution < 1.29 is 4.79 Å². The molecule has 0 N–H and O–H groups in total. The first-order chi connectivity index (χ1) is 10.2. The van der Waals surface area contributed by atoms with Crippen LogP contribution in [0, 0.1) is 5.92 Å². The van der Waals surface area contributed by atoms with Gasteiger partial charge in [0.05, 0.1) is 10.2 Å². The van der Waals surface area contributed by atoms with Crippen molar-refractivity contribution >= 4 is 43.4 Å². The Morgan fingerprint density at radius 3 is 2.95 bits per heavy atom. The van der Waals surface area contributed by atoms with E-state index in [-0.39, 0.29) is 11.8 Å². The maximum Gasteiger partial charge on any atom is 0.251 e. The van der Waals surface area contributed by atoms with E-state index in [1.807, 2.05) is 12.1 Å². The second-order valence-corrected chi connectivity index (χ2v) is 7.25. The molecule has 1 saturated carbocycles. The van der Waals surface area contributed by atoms with Gasteiger partial charge in [0.1, 0.15) is 0 Å². The number of benzene rings is 1. The fraction of sp³-hybridized carbons (Fsp3) is 0.375. The third kappa shape index (κ3) is 3.04. The monoisotopic (exact) mass is 364 g/mol. The van der Waals surface area contributed by atoms with Crippen LogP contribution >= 0.6 is 27.3 Å². The number of aromatic nitrogens is 1. The molecule has 3 nitrogen and oxygen atoms in total. The van der Waals surface area contributed by atoms with Gasteiger partial charge in [0.15, 0.2) is 4.80 Å². The Morgan fingerprint density at radius 2 is 2.24 bits per heavy atom. The summed E-state index contributed by atoms with van der Waals surface area (Å²) >= 11 is 5.05. The van der Waals surface area contributed by atoms with Crippen LogP contribution < -0.4 is 4.80 Å². The number of carbonyl (C=O) groups is 1. The first kappa shape index (κ1) is 14.7. The van der Waals surface area contributed by atoms with Gasteiger partial charge in [-0.25, -0.2) is 0 Å². The highest BCUT2D eigenvalue weighted by Gasteiger charge is 2.22. The quantitative estimate of drug-likeness (QED) is 0.748. The van der Waals surface area contributed by atoms with Crippen molar-refractivity contribution in [1.82, 2.24) is 4.57 Å². The van der Waals surface area contributed by atoms with E-state index < -0.39 is 0 Å². The first-order valence-corrected chi connectivity index (χ1v) is 8.78. The average molecular weight is 365 g/mol. The molecule has 0 spiro atoms. The van der Waals surface area contributed by atoms with Crippen molar-refractivity contribution in [2.45, 2.75) is 32.2 Å². The van der Waals surface area contributed by atoms with E-state index in [2.05, 4.69) is 44.2 Å². The average Bonchev–Trinajstić information content (AvgIpc) is 3.08. The van der Waals surface area contributed by atoms with E-state index in [1.54, 1.807) is 11.3 Å². The molecule has 110 valence electrons. The Bertz CT molecular complexity index is 753. The molecule has 0 atom stereocenters. The summed E-state index contributed by atoms with van der Waals surface area (Å²) < 4.78 is 4.23. The van der Waals surface area contributed by atoms with Crippen LogP contribution in [0.3, 0.4) is 0 Å². The number of fused-ring (bicyclic) bond motifs is 1. The number of hydrogen-bond donors (Lipinski definition) is 0. The van der Waals surface area contributed by atoms with Gasteiger partial charge in [0, 0.05) is 16.9 Å². The number of thiazole rings is 1. The number of nitrogens with zero attached hydrogens (tertiary/aromatic N) is 2. The normalized spacial score (nSPS) is 16.7. The Morgan fingerprint density at radius 1 is 1.48 bits per heavy atom. The summed E-state index contributed by atoms with van der Waals surface area (Å²) in [5, 5.41) is 0. The molecule has 0 aliphatic heterocycles. The van der Waals surface area contributed by atoms with Gasteiger partial charge in [-0.05, 0) is 31.0 Å². The van der Waals surface area contributed by atoms with Crippen molar-refractivity contribution in [2.75, 3.05) is 0 Å². The molecular weight excluding hydrogens is 348 g/mol. The number of rotatable bonds is 3. The summed E-state index contributed by atoms with van der Waals surface area (Å²) in [5.41, 5.74) is 1.10. The molecule has 1 amide bonds. The SMILES string of the molecule is C=CCn1c(=NC(=O)C2CCCC2)sc2cc(Br)ccc21. The summed E-state index contributed by atoms with van der Waals surface area (Å²) in [6.07, 6.45) is 6.11. The second-order valence-electron chi connectivity index (χ2n) is 5.33. The van der Waals surface area contributed by atoms with E-state index in [9.17, 15) is 4.79 Å². The summed E-state index contributed by atoms with van der Waals surface area (Å²) in [5.74, 6) is 0.162. The maximum absolute atomic E-state index is 12.3. The highest BCUT2D eigenvalue weighted by molar-refractivity contribution is 9.10. The molecule has 2 aromatic rings. The predicted octanol–water partition coefficient (Wildman–Crippen LogP) is 4.27. The lowest BCUT2D eigenvalue weighted by molar-refractivity contribution is -0.121. The lowest BCUT2D eigenvalue weighted by Crippen LogP contribution is -2.19. The van der Waals surface area contributed by atoms with Crippen LogP contribution in [0.1, 0.15) is 25.7 Å². The van der Waals surface area contributed by atoms with Crippen LogP contribution in [-0.2, 0) is 11.3 Å². The Kier molecular flexibility index (Phi) is 4.40. The molecule has 0 saturated heterocycles. The summed E-state index contributed by atoms with van der Waals surface area (Å²) in [6, 6.07) is 6.13. The maximum atomic E-state index is 12.3. The standard InChI is InChI=1S/C16H17BrN2OS/c1-2-9-19-13-8-7-12(17)10-14(13)21-16(19)18-15(20)11-5-3-4-6-11/h2,7-8,10-11H,1,3-6,9H2. The van der Waals surface area contributed by atoms with Gasteiger partial charge in [0.2, 0.25) is 0 Å². The first-order valence-electron chi connectivity index (χ1n) is 7.17. The highest BCUT2D eigenvalue weighted by Crippen LogP contribution is 2.26. The zero-order valence-electron chi connectivity index (χ0n) is 11.7. The van der Waals surface area contributed by atoms with Crippen LogP contribution in [0.25, 0.3) is 10.2 Å². The molecule has 21 heavy (non-hydrogen) atoms. The van der Waals surface area contributed by atoms with Crippen LogP contribution in [-0.4, -0.2) is 10.5 Å². The minimum atomic E-state index is 0.0379. The Hall–Kier alpha value is -1.20. The molecule has 1 aromatic carbocycles. The van der Waals surface area contributed by atoms with Crippen molar-refractivity contribution in [3.63, 3.8) is 0 Å². The molecule has 0 unspecified atom stereocenters. The molecule has 1 aliphatic rings. The van der Waals surface area contributed by atoms with Gasteiger partial charge >= 0.3 is 0 Å². The largest absolute Gasteiger partial charge is 0.313 e. The van der Waals surface area contributed by atoms with Crippen molar-refractivity contribution in [3.05, 3.63) is 40.1 Å². The van der Waals surface area contributed by atoms with Crippen molar-refractivity contribution in [3.8, 4) is 0 Å². The fourth-order valence-electron chi connectivity index (χ4n) is 2.80. The van der Waals surface area contributed by atoms with E-state index in [4.69, 9.17) is 0 Å². The minimum absolute atomic E-state index is 0.0379. The van der Waals surface area contributed by atoms with Gasteiger partial charge in [-0.15, -0.1) is 6.58 Å². The number of halogens is 1. The predicted molar refractivity (Wildman–Crippen MR) is 90.2 cm³/mol. The van der Waals surface area contributed by atoms with Gasteiger partial charge in [-0.3, -0.25) is 4.79 Å². The lowest BCUT2D eigenvalue weighted by atomic mass is 10.1. The molecule has 1 aliphatic carbocycles. The van der Waals surface area contributed by atoms with Crippen LogP contribution in [0.15, 0.2) is 40.3 Å². The number of allylic oxidation sites excluding steroid dienone is 1. The van der Waals surface area contributed by atoms with Crippen LogP contribution in [0.4, 0.5) is 0 Å². The molecule has 1 aromatic heterocycles. The van der Waals surface area contributed by atoms with Gasteiger partial charge in [0.25, 0.3) is 5.91 Å². The van der Waals surface area contributed by atoms with Crippen molar-refractivity contribution in [1.29, 1.82) is 0 Å². The molecule has 1 fully saturated rings. The smallest absolute Gasteiger partial charge is 0.251 e. The Balaban J connectivity index is 2.09. The number of carbonyl (C=O) groups excluding carboxylic acids is 1. The fourth-order valence-corrected chi connectivity index (χ4v) is 4.39. The van der Waals surface area contributed by atoms with E-state index in [1.165, 1.54) is 0 Å². The van der Waals surface area contributed by atoms with Crippen LogP contribution in [0.2, 0.25) is 0 Å². The lowest BCUT2D eigenvalue weighted by Gasteiger charge is -2.03. The molecular formula is C16H17BrN2OS. The number of amides is 1. The van der Waals surface area contributed by atoms with E-state index in [0.29, 0.717) is 6.54 Å². The molecule has 1 heterocycles. The summed E-state index contributed by atoms with van der Waals surface area (Å²) in [4.78, 5) is 17.5. The molecule has 0 radical (unpaired) electrons. The minimum Gasteiger partial charge on any atom is -0.313 e. The summed E-state index contributed by atoms with van der Waals surface area (Å²) in [7, 11) is 0.